The Morgan fingerprint density at radius 2 is 1.79 bits per heavy atom. The number of carbonyl (C=O) groups excluding carboxylic acids is 3. The molecule has 2 aromatic heterocycles. The highest BCUT2D eigenvalue weighted by molar-refractivity contribution is 6.34. The van der Waals surface area contributed by atoms with Crippen molar-refractivity contribution >= 4 is 35.0 Å². The van der Waals surface area contributed by atoms with Crippen LogP contribution in [-0.2, 0) is 0 Å². The number of anilines is 1. The van der Waals surface area contributed by atoms with Gasteiger partial charge in [0.2, 0.25) is 0 Å². The van der Waals surface area contributed by atoms with Crippen LogP contribution < -0.4 is 16.4 Å². The maximum absolute atomic E-state index is 12.3. The number of nitrogens with two attached hydrogens (primary N) is 1. The van der Waals surface area contributed by atoms with Crippen LogP contribution in [-0.4, -0.2) is 38.8 Å². The SMILES string of the molecule is CCNC(=O)c1ncn(-c2ccc(NC(=O)c3ncccc3Cl)cc2)c1C(N)=O. The number of carbonyl (C=O) groups is 3. The number of nitrogens with one attached hydrogen (secondary N) is 2. The Labute approximate surface area is 170 Å². The molecule has 1 aromatic carbocycles. The molecule has 4 N–H and O–H groups in total. The summed E-state index contributed by atoms with van der Waals surface area (Å²) in [5.41, 5.74) is 6.50. The van der Waals surface area contributed by atoms with Gasteiger partial charge in [0.25, 0.3) is 17.7 Å². The average molecular weight is 413 g/mol. The van der Waals surface area contributed by atoms with E-state index in [1.807, 2.05) is 0 Å². The molecule has 3 rings (SSSR count). The fourth-order valence-corrected chi connectivity index (χ4v) is 2.85. The predicted molar refractivity (Wildman–Crippen MR) is 107 cm³/mol. The second kappa shape index (κ2) is 8.53. The third-order valence-corrected chi connectivity index (χ3v) is 4.24. The molecule has 0 saturated carbocycles. The number of nitrogens with zero attached hydrogens (tertiary/aromatic N) is 3. The second-order valence-electron chi connectivity index (χ2n) is 5.87. The molecule has 0 aliphatic rings. The van der Waals surface area contributed by atoms with E-state index in [2.05, 4.69) is 20.6 Å². The van der Waals surface area contributed by atoms with E-state index in [4.69, 9.17) is 17.3 Å². The number of rotatable bonds is 6. The number of hydrogen-bond acceptors (Lipinski definition) is 5. The minimum absolute atomic E-state index is 0.0343. The second-order valence-corrected chi connectivity index (χ2v) is 6.28. The first-order chi connectivity index (χ1) is 13.9. The van der Waals surface area contributed by atoms with Gasteiger partial charge < -0.3 is 16.4 Å². The van der Waals surface area contributed by atoms with Crippen molar-refractivity contribution in [2.24, 2.45) is 5.73 Å². The Hall–Kier alpha value is -3.72. The predicted octanol–water partition coefficient (Wildman–Crippen LogP) is 2.02. The van der Waals surface area contributed by atoms with Crippen molar-refractivity contribution in [2.75, 3.05) is 11.9 Å². The zero-order valence-corrected chi connectivity index (χ0v) is 16.1. The van der Waals surface area contributed by atoms with Gasteiger partial charge in [-0.1, -0.05) is 11.6 Å². The Morgan fingerprint density at radius 3 is 2.41 bits per heavy atom. The molecule has 3 aromatic rings. The molecule has 148 valence electrons. The minimum atomic E-state index is -0.786. The number of hydrogen-bond donors (Lipinski definition) is 3. The summed E-state index contributed by atoms with van der Waals surface area (Å²) in [4.78, 5) is 44.2. The average Bonchev–Trinajstić information content (AvgIpc) is 3.14. The van der Waals surface area contributed by atoms with Crippen LogP contribution in [0.15, 0.2) is 48.9 Å². The van der Waals surface area contributed by atoms with Crippen molar-refractivity contribution < 1.29 is 14.4 Å². The summed E-state index contributed by atoms with van der Waals surface area (Å²) in [7, 11) is 0. The highest BCUT2D eigenvalue weighted by Crippen LogP contribution is 2.19. The van der Waals surface area contributed by atoms with Crippen molar-refractivity contribution in [3.05, 3.63) is 71.0 Å². The summed E-state index contributed by atoms with van der Waals surface area (Å²) >= 11 is 5.98. The highest BCUT2D eigenvalue weighted by atomic mass is 35.5. The molecule has 9 nitrogen and oxygen atoms in total. The summed E-state index contributed by atoms with van der Waals surface area (Å²) in [6.07, 6.45) is 2.81. The van der Waals surface area contributed by atoms with Gasteiger partial charge in [-0.05, 0) is 43.3 Å². The first kappa shape index (κ1) is 20.0. The number of amides is 3. The lowest BCUT2D eigenvalue weighted by molar-refractivity contribution is 0.0931. The van der Waals surface area contributed by atoms with Crippen molar-refractivity contribution in [2.45, 2.75) is 6.92 Å². The normalized spacial score (nSPS) is 10.4. The summed E-state index contributed by atoms with van der Waals surface area (Å²) in [6, 6.07) is 9.74. The zero-order valence-electron chi connectivity index (χ0n) is 15.3. The van der Waals surface area contributed by atoms with Gasteiger partial charge in [0.05, 0.1) is 5.02 Å². The number of halogens is 1. The third kappa shape index (κ3) is 4.25. The van der Waals surface area contributed by atoms with Gasteiger partial charge >= 0.3 is 0 Å². The molecule has 0 spiro atoms. The topological polar surface area (TPSA) is 132 Å². The molecule has 10 heteroatoms. The van der Waals surface area contributed by atoms with Gasteiger partial charge in [0.1, 0.15) is 17.7 Å². The van der Waals surface area contributed by atoms with Gasteiger partial charge in [0, 0.05) is 24.1 Å². The van der Waals surface area contributed by atoms with E-state index in [-0.39, 0.29) is 22.1 Å². The minimum Gasteiger partial charge on any atom is -0.364 e. The van der Waals surface area contributed by atoms with Gasteiger partial charge in [-0.2, -0.15) is 0 Å². The number of aromatic nitrogens is 3. The van der Waals surface area contributed by atoms with Crippen molar-refractivity contribution in [3.63, 3.8) is 0 Å². The van der Waals surface area contributed by atoms with Crippen LogP contribution in [0.5, 0.6) is 0 Å². The van der Waals surface area contributed by atoms with Crippen LogP contribution >= 0.6 is 11.6 Å². The van der Waals surface area contributed by atoms with E-state index in [0.29, 0.717) is 17.9 Å². The number of benzene rings is 1. The van der Waals surface area contributed by atoms with Crippen LogP contribution in [0.3, 0.4) is 0 Å². The molecule has 0 bridgehead atoms. The van der Waals surface area contributed by atoms with E-state index < -0.39 is 17.7 Å². The molecular formula is C19H17ClN6O3. The zero-order chi connectivity index (χ0) is 21.0. The molecule has 0 radical (unpaired) electrons. The van der Waals surface area contributed by atoms with Crippen LogP contribution in [0.25, 0.3) is 5.69 Å². The Bertz CT molecular complexity index is 1080. The van der Waals surface area contributed by atoms with Crippen LogP contribution in [0.2, 0.25) is 5.02 Å². The summed E-state index contributed by atoms with van der Waals surface area (Å²) in [6.45, 7) is 2.14. The molecular weight excluding hydrogens is 396 g/mol. The van der Waals surface area contributed by atoms with E-state index in [1.54, 1.807) is 43.3 Å². The van der Waals surface area contributed by atoms with E-state index >= 15 is 0 Å². The van der Waals surface area contributed by atoms with Gasteiger partial charge in [-0.15, -0.1) is 0 Å². The quantitative estimate of drug-likeness (QED) is 0.569. The van der Waals surface area contributed by atoms with Gasteiger partial charge in [-0.25, -0.2) is 9.97 Å². The maximum Gasteiger partial charge on any atom is 0.275 e. The van der Waals surface area contributed by atoms with E-state index in [0.717, 1.165) is 0 Å². The van der Waals surface area contributed by atoms with Crippen LogP contribution in [0, 0.1) is 0 Å². The molecule has 2 heterocycles. The largest absolute Gasteiger partial charge is 0.364 e. The lowest BCUT2D eigenvalue weighted by Crippen LogP contribution is -2.27. The maximum atomic E-state index is 12.3. The van der Waals surface area contributed by atoms with Crippen molar-refractivity contribution in [3.8, 4) is 5.69 Å². The Balaban J connectivity index is 1.85. The first-order valence-electron chi connectivity index (χ1n) is 8.60. The third-order valence-electron chi connectivity index (χ3n) is 3.93. The van der Waals surface area contributed by atoms with Gasteiger partial charge in [-0.3, -0.25) is 19.0 Å². The number of primary amides is 1. The molecule has 0 unspecified atom stereocenters. The smallest absolute Gasteiger partial charge is 0.275 e. The van der Waals surface area contributed by atoms with Crippen molar-refractivity contribution in [1.82, 2.24) is 19.9 Å². The number of pyridine rings is 1. The van der Waals surface area contributed by atoms with Crippen LogP contribution in [0.4, 0.5) is 5.69 Å². The van der Waals surface area contributed by atoms with Crippen molar-refractivity contribution in [1.29, 1.82) is 0 Å². The molecule has 3 amide bonds. The Morgan fingerprint density at radius 1 is 1.07 bits per heavy atom. The number of imidazole rings is 1. The monoisotopic (exact) mass is 412 g/mol. The van der Waals surface area contributed by atoms with Crippen LogP contribution in [0.1, 0.15) is 38.4 Å². The molecule has 29 heavy (non-hydrogen) atoms. The lowest BCUT2D eigenvalue weighted by Gasteiger charge is -2.09. The lowest BCUT2D eigenvalue weighted by atomic mass is 10.2. The molecule has 0 aliphatic carbocycles. The summed E-state index contributed by atoms with van der Waals surface area (Å²) < 4.78 is 1.41. The molecule has 0 saturated heterocycles. The standard InChI is InChI=1S/C19H17ClN6O3/c1-2-22-18(28)15-16(17(21)27)26(10-24-15)12-7-5-11(6-8-12)25-19(29)14-13(20)4-3-9-23-14/h3-10H,2H2,1H3,(H2,21,27)(H,22,28)(H,25,29). The fourth-order valence-electron chi connectivity index (χ4n) is 2.64. The highest BCUT2D eigenvalue weighted by Gasteiger charge is 2.22. The first-order valence-corrected chi connectivity index (χ1v) is 8.97. The summed E-state index contributed by atoms with van der Waals surface area (Å²) in [5, 5.41) is 5.51. The molecule has 0 fully saturated rings. The summed E-state index contributed by atoms with van der Waals surface area (Å²) in [5.74, 6) is -1.73. The molecule has 0 atom stereocenters. The fraction of sp³-hybridized carbons (Fsp3) is 0.105. The molecule has 0 aliphatic heterocycles. The Kier molecular flexibility index (Phi) is 5.89. The van der Waals surface area contributed by atoms with E-state index in [1.165, 1.54) is 17.1 Å². The van der Waals surface area contributed by atoms with Gasteiger partial charge in [0.15, 0.2) is 5.69 Å². The van der Waals surface area contributed by atoms with E-state index in [9.17, 15) is 14.4 Å².